The minimum Gasteiger partial charge on any atom is -0.472 e. The number of carbonyl (C=O) groups is 1. The lowest BCUT2D eigenvalue weighted by molar-refractivity contribution is 0.0787. The Kier molecular flexibility index (Phi) is 3.42. The smallest absolute Gasteiger partial charge is 0.257 e. The van der Waals surface area contributed by atoms with Crippen molar-refractivity contribution in [1.82, 2.24) is 19.7 Å². The monoisotopic (exact) mass is 308 g/mol. The Morgan fingerprint density at radius 1 is 1.22 bits per heavy atom. The van der Waals surface area contributed by atoms with E-state index in [1.54, 1.807) is 12.4 Å². The van der Waals surface area contributed by atoms with Crippen LogP contribution in [0.3, 0.4) is 0 Å². The third-order valence-electron chi connectivity index (χ3n) is 4.22. The molecular formula is C17H16N4O2. The van der Waals surface area contributed by atoms with Crippen LogP contribution in [0.25, 0.3) is 11.4 Å². The topological polar surface area (TPSA) is 64.2 Å². The van der Waals surface area contributed by atoms with Gasteiger partial charge in [0.05, 0.1) is 17.9 Å². The number of hydrogen-bond donors (Lipinski definition) is 0. The van der Waals surface area contributed by atoms with E-state index < -0.39 is 0 Å². The highest BCUT2D eigenvalue weighted by molar-refractivity contribution is 5.94. The van der Waals surface area contributed by atoms with E-state index in [2.05, 4.69) is 14.8 Å². The van der Waals surface area contributed by atoms with Gasteiger partial charge in [-0.2, -0.15) is 0 Å². The number of nitrogens with zero attached hydrogens (tertiary/aromatic N) is 4. The maximum absolute atomic E-state index is 12.4. The van der Waals surface area contributed by atoms with Crippen LogP contribution in [0.1, 0.15) is 22.8 Å². The molecule has 1 aliphatic rings. The highest BCUT2D eigenvalue weighted by Gasteiger charge is 2.29. The van der Waals surface area contributed by atoms with Crippen molar-refractivity contribution in [2.24, 2.45) is 0 Å². The number of likely N-dealkylation sites (tertiary alicyclic amines) is 1. The second-order valence-electron chi connectivity index (χ2n) is 5.63. The first-order valence-corrected chi connectivity index (χ1v) is 7.59. The maximum atomic E-state index is 12.4. The van der Waals surface area contributed by atoms with E-state index in [4.69, 9.17) is 4.42 Å². The summed E-state index contributed by atoms with van der Waals surface area (Å²) < 4.78 is 7.07. The first kappa shape index (κ1) is 13.8. The van der Waals surface area contributed by atoms with E-state index in [1.807, 2.05) is 35.2 Å². The summed E-state index contributed by atoms with van der Waals surface area (Å²) >= 11 is 0. The Hall–Kier alpha value is -2.89. The Morgan fingerprint density at radius 3 is 2.87 bits per heavy atom. The molecule has 0 N–H and O–H groups in total. The van der Waals surface area contributed by atoms with E-state index in [0.29, 0.717) is 12.1 Å². The molecule has 1 fully saturated rings. The second kappa shape index (κ2) is 5.72. The van der Waals surface area contributed by atoms with Gasteiger partial charge in [0.2, 0.25) is 0 Å². The average molecular weight is 308 g/mol. The van der Waals surface area contributed by atoms with Crippen molar-refractivity contribution in [3.8, 4) is 11.4 Å². The van der Waals surface area contributed by atoms with Gasteiger partial charge in [-0.05, 0) is 12.5 Å². The highest BCUT2D eigenvalue weighted by Crippen LogP contribution is 2.27. The lowest BCUT2D eigenvalue weighted by Gasteiger charge is -2.17. The Bertz CT molecular complexity index is 795. The van der Waals surface area contributed by atoms with E-state index in [1.165, 1.54) is 12.5 Å². The van der Waals surface area contributed by atoms with Crippen molar-refractivity contribution in [2.45, 2.75) is 12.5 Å². The molecule has 1 unspecified atom stereocenters. The van der Waals surface area contributed by atoms with Crippen LogP contribution in [0.15, 0.2) is 59.7 Å². The molecule has 0 spiro atoms. The molecule has 0 aliphatic carbocycles. The van der Waals surface area contributed by atoms with Gasteiger partial charge in [0, 0.05) is 18.7 Å². The summed E-state index contributed by atoms with van der Waals surface area (Å²) in [5.41, 5.74) is 1.63. The van der Waals surface area contributed by atoms with Gasteiger partial charge in [-0.15, -0.1) is 10.2 Å². The molecule has 4 rings (SSSR count). The lowest BCUT2D eigenvalue weighted by Crippen LogP contribution is -2.28. The minimum absolute atomic E-state index is 0.00980. The van der Waals surface area contributed by atoms with Gasteiger partial charge in [0.1, 0.15) is 12.6 Å². The van der Waals surface area contributed by atoms with Gasteiger partial charge < -0.3 is 13.9 Å². The maximum Gasteiger partial charge on any atom is 0.257 e. The molecule has 1 amide bonds. The quantitative estimate of drug-likeness (QED) is 0.746. The largest absolute Gasteiger partial charge is 0.472 e. The zero-order valence-corrected chi connectivity index (χ0v) is 12.5. The average Bonchev–Trinajstić information content (AvgIpc) is 3.35. The van der Waals surface area contributed by atoms with Gasteiger partial charge >= 0.3 is 0 Å². The summed E-state index contributed by atoms with van der Waals surface area (Å²) in [5.74, 6) is 0.851. The van der Waals surface area contributed by atoms with Crippen molar-refractivity contribution < 1.29 is 9.21 Å². The Labute approximate surface area is 133 Å². The van der Waals surface area contributed by atoms with Crippen LogP contribution in [0.4, 0.5) is 0 Å². The molecule has 116 valence electrons. The van der Waals surface area contributed by atoms with Crippen molar-refractivity contribution in [3.63, 3.8) is 0 Å². The van der Waals surface area contributed by atoms with Crippen LogP contribution in [-0.4, -0.2) is 38.7 Å². The molecule has 1 aliphatic heterocycles. The van der Waals surface area contributed by atoms with Crippen LogP contribution >= 0.6 is 0 Å². The molecule has 3 heterocycles. The normalized spacial score (nSPS) is 17.6. The zero-order valence-electron chi connectivity index (χ0n) is 12.5. The van der Waals surface area contributed by atoms with Crippen molar-refractivity contribution in [1.29, 1.82) is 0 Å². The van der Waals surface area contributed by atoms with Crippen LogP contribution in [0.2, 0.25) is 0 Å². The van der Waals surface area contributed by atoms with Crippen molar-refractivity contribution in [2.75, 3.05) is 13.1 Å². The van der Waals surface area contributed by atoms with Crippen LogP contribution in [0.5, 0.6) is 0 Å². The Balaban J connectivity index is 1.55. The molecule has 1 saturated heterocycles. The third-order valence-corrected chi connectivity index (χ3v) is 4.22. The van der Waals surface area contributed by atoms with Gasteiger partial charge in [-0.1, -0.05) is 30.3 Å². The summed E-state index contributed by atoms with van der Waals surface area (Å²) in [6, 6.07) is 11.9. The molecule has 0 bridgehead atoms. The van der Waals surface area contributed by atoms with Crippen LogP contribution in [-0.2, 0) is 0 Å². The van der Waals surface area contributed by atoms with E-state index >= 15 is 0 Å². The molecule has 0 radical (unpaired) electrons. The number of rotatable bonds is 3. The van der Waals surface area contributed by atoms with Crippen molar-refractivity contribution in [3.05, 3.63) is 60.8 Å². The number of benzene rings is 1. The number of aromatic nitrogens is 3. The molecule has 1 atom stereocenters. The number of furan rings is 1. The number of hydrogen-bond acceptors (Lipinski definition) is 4. The summed E-state index contributed by atoms with van der Waals surface area (Å²) in [6.07, 6.45) is 5.65. The van der Waals surface area contributed by atoms with E-state index in [0.717, 1.165) is 24.4 Å². The third kappa shape index (κ3) is 2.52. The minimum atomic E-state index is 0.00980. The van der Waals surface area contributed by atoms with Crippen LogP contribution in [0, 0.1) is 0 Å². The summed E-state index contributed by atoms with van der Waals surface area (Å²) in [5, 5.41) is 8.30. The first-order chi connectivity index (χ1) is 11.3. The highest BCUT2D eigenvalue weighted by atomic mass is 16.3. The fourth-order valence-electron chi connectivity index (χ4n) is 3.03. The Morgan fingerprint density at radius 2 is 2.09 bits per heavy atom. The van der Waals surface area contributed by atoms with Gasteiger partial charge in [-0.3, -0.25) is 4.79 Å². The molecule has 1 aromatic carbocycles. The zero-order chi connectivity index (χ0) is 15.6. The van der Waals surface area contributed by atoms with E-state index in [-0.39, 0.29) is 11.9 Å². The standard InChI is InChI=1S/C17H16N4O2/c22-17(14-7-9-23-11-14)20-8-6-15(10-20)21-12-18-19-16(21)13-4-2-1-3-5-13/h1-5,7,9,11-12,15H,6,8,10H2. The first-order valence-electron chi connectivity index (χ1n) is 7.59. The van der Waals surface area contributed by atoms with Crippen LogP contribution < -0.4 is 0 Å². The molecule has 2 aromatic heterocycles. The number of amides is 1. The molecule has 23 heavy (non-hydrogen) atoms. The van der Waals surface area contributed by atoms with Crippen molar-refractivity contribution >= 4 is 5.91 Å². The molecule has 6 heteroatoms. The predicted molar refractivity (Wildman–Crippen MR) is 83.7 cm³/mol. The number of carbonyl (C=O) groups excluding carboxylic acids is 1. The second-order valence-corrected chi connectivity index (χ2v) is 5.63. The molecule has 6 nitrogen and oxygen atoms in total. The summed E-state index contributed by atoms with van der Waals surface area (Å²) in [4.78, 5) is 14.3. The fraction of sp³-hybridized carbons (Fsp3) is 0.235. The summed E-state index contributed by atoms with van der Waals surface area (Å²) in [7, 11) is 0. The van der Waals surface area contributed by atoms with Gasteiger partial charge in [-0.25, -0.2) is 0 Å². The molecular weight excluding hydrogens is 292 g/mol. The summed E-state index contributed by atoms with van der Waals surface area (Å²) in [6.45, 7) is 1.38. The SMILES string of the molecule is O=C(c1ccoc1)N1CCC(n2cnnc2-c2ccccc2)C1. The predicted octanol–water partition coefficient (Wildman–Crippen LogP) is 2.63. The molecule has 0 saturated carbocycles. The van der Waals surface area contributed by atoms with Gasteiger partial charge in [0.25, 0.3) is 5.91 Å². The lowest BCUT2D eigenvalue weighted by atomic mass is 10.2. The fourth-order valence-corrected chi connectivity index (χ4v) is 3.03. The van der Waals surface area contributed by atoms with E-state index in [9.17, 15) is 4.79 Å². The van der Waals surface area contributed by atoms with Gasteiger partial charge in [0.15, 0.2) is 5.82 Å². The molecule has 3 aromatic rings.